The highest BCUT2D eigenvalue weighted by Gasteiger charge is 2.20. The fourth-order valence-corrected chi connectivity index (χ4v) is 2.40. The van der Waals surface area contributed by atoms with E-state index >= 15 is 0 Å². The molecule has 1 N–H and O–H groups in total. The summed E-state index contributed by atoms with van der Waals surface area (Å²) in [7, 11) is 1.99. The van der Waals surface area contributed by atoms with E-state index in [9.17, 15) is 0 Å². The second kappa shape index (κ2) is 4.63. The van der Waals surface area contributed by atoms with E-state index in [4.69, 9.17) is 0 Å². The van der Waals surface area contributed by atoms with Gasteiger partial charge in [0.25, 0.3) is 0 Å². The number of aryl methyl sites for hydroxylation is 1. The van der Waals surface area contributed by atoms with Crippen LogP contribution in [0.1, 0.15) is 12.6 Å². The highest BCUT2D eigenvalue weighted by atomic mass is 79.9. The first kappa shape index (κ1) is 11.1. The van der Waals surface area contributed by atoms with E-state index in [0.717, 1.165) is 30.7 Å². The normalized spacial score (nSPS) is 23.3. The van der Waals surface area contributed by atoms with Crippen LogP contribution in [0.4, 0.5) is 0 Å². The highest BCUT2D eigenvalue weighted by molar-refractivity contribution is 9.10. The van der Waals surface area contributed by atoms with Crippen molar-refractivity contribution >= 4 is 15.9 Å². The van der Waals surface area contributed by atoms with Gasteiger partial charge in [0, 0.05) is 39.3 Å². The Bertz CT molecular complexity index is 317. The van der Waals surface area contributed by atoms with Crippen molar-refractivity contribution in [1.29, 1.82) is 0 Å². The van der Waals surface area contributed by atoms with Gasteiger partial charge in [-0.05, 0) is 22.9 Å². The molecule has 1 aliphatic rings. The largest absolute Gasteiger partial charge is 0.314 e. The summed E-state index contributed by atoms with van der Waals surface area (Å²) in [6.45, 7) is 6.50. The van der Waals surface area contributed by atoms with Crippen LogP contribution in [-0.2, 0) is 13.6 Å². The van der Waals surface area contributed by atoms with Crippen LogP contribution < -0.4 is 5.32 Å². The molecule has 2 heterocycles. The third-order valence-corrected chi connectivity index (χ3v) is 3.66. The van der Waals surface area contributed by atoms with E-state index in [1.807, 2.05) is 17.9 Å². The maximum Gasteiger partial charge on any atom is 0.0663 e. The minimum atomic E-state index is 0.598. The Labute approximate surface area is 98.8 Å². The number of rotatable bonds is 2. The van der Waals surface area contributed by atoms with Gasteiger partial charge in [0.2, 0.25) is 0 Å². The Balaban J connectivity index is 2.07. The first-order valence-corrected chi connectivity index (χ1v) is 6.09. The van der Waals surface area contributed by atoms with Gasteiger partial charge in [-0.25, -0.2) is 0 Å². The zero-order valence-electron chi connectivity index (χ0n) is 9.20. The first-order chi connectivity index (χ1) is 7.18. The van der Waals surface area contributed by atoms with Crippen LogP contribution in [0.25, 0.3) is 0 Å². The lowest BCUT2D eigenvalue weighted by atomic mass is 10.2. The molecule has 0 bridgehead atoms. The monoisotopic (exact) mass is 272 g/mol. The molecule has 1 atom stereocenters. The summed E-state index contributed by atoms with van der Waals surface area (Å²) >= 11 is 3.54. The van der Waals surface area contributed by atoms with Crippen molar-refractivity contribution in [3.05, 3.63) is 16.4 Å². The van der Waals surface area contributed by atoms with E-state index in [1.54, 1.807) is 0 Å². The molecule has 84 valence electrons. The first-order valence-electron chi connectivity index (χ1n) is 5.29. The molecule has 0 aromatic carbocycles. The van der Waals surface area contributed by atoms with Gasteiger partial charge in [-0.3, -0.25) is 9.58 Å². The lowest BCUT2D eigenvalue weighted by Crippen LogP contribution is -2.49. The van der Waals surface area contributed by atoms with Gasteiger partial charge in [0.1, 0.15) is 0 Å². The molecule has 1 fully saturated rings. The lowest BCUT2D eigenvalue weighted by molar-refractivity contribution is 0.161. The van der Waals surface area contributed by atoms with Crippen molar-refractivity contribution in [3.8, 4) is 0 Å². The molecule has 0 radical (unpaired) electrons. The van der Waals surface area contributed by atoms with Crippen LogP contribution in [0, 0.1) is 0 Å². The Hall–Kier alpha value is -0.390. The van der Waals surface area contributed by atoms with Crippen LogP contribution in [0.3, 0.4) is 0 Å². The topological polar surface area (TPSA) is 33.1 Å². The van der Waals surface area contributed by atoms with E-state index in [-0.39, 0.29) is 0 Å². The van der Waals surface area contributed by atoms with Crippen molar-refractivity contribution in [2.45, 2.75) is 19.5 Å². The van der Waals surface area contributed by atoms with Crippen LogP contribution in [0.5, 0.6) is 0 Å². The molecule has 4 nitrogen and oxygen atoms in total. The SMILES string of the molecule is C[C@H]1CNCCN1Cc1c(Br)cnn1C. The third-order valence-electron chi connectivity index (χ3n) is 3.00. The van der Waals surface area contributed by atoms with Crippen LogP contribution in [0.2, 0.25) is 0 Å². The number of hydrogen-bond donors (Lipinski definition) is 1. The molecule has 1 aromatic rings. The fraction of sp³-hybridized carbons (Fsp3) is 0.700. The fourth-order valence-electron chi connectivity index (χ4n) is 1.92. The molecular weight excluding hydrogens is 256 g/mol. The van der Waals surface area contributed by atoms with Gasteiger partial charge < -0.3 is 5.32 Å². The minimum absolute atomic E-state index is 0.598. The summed E-state index contributed by atoms with van der Waals surface area (Å²) in [4.78, 5) is 2.48. The zero-order chi connectivity index (χ0) is 10.8. The number of halogens is 1. The third kappa shape index (κ3) is 2.41. The number of piperazine rings is 1. The summed E-state index contributed by atoms with van der Waals surface area (Å²) in [5.41, 5.74) is 1.25. The number of hydrogen-bond acceptors (Lipinski definition) is 3. The Morgan fingerprint density at radius 3 is 3.07 bits per heavy atom. The predicted octanol–water partition coefficient (Wildman–Crippen LogP) is 0.976. The zero-order valence-corrected chi connectivity index (χ0v) is 10.8. The molecular formula is C10H17BrN4. The van der Waals surface area contributed by atoms with Gasteiger partial charge >= 0.3 is 0 Å². The Kier molecular flexibility index (Phi) is 3.43. The maximum atomic E-state index is 4.23. The maximum absolute atomic E-state index is 4.23. The molecule has 2 rings (SSSR count). The van der Waals surface area contributed by atoms with Crippen LogP contribution >= 0.6 is 15.9 Å². The summed E-state index contributed by atoms with van der Waals surface area (Å²) in [5.74, 6) is 0. The Morgan fingerprint density at radius 1 is 1.67 bits per heavy atom. The average molecular weight is 273 g/mol. The van der Waals surface area contributed by atoms with Crippen molar-refractivity contribution in [2.75, 3.05) is 19.6 Å². The van der Waals surface area contributed by atoms with E-state index < -0.39 is 0 Å². The smallest absolute Gasteiger partial charge is 0.0663 e. The van der Waals surface area contributed by atoms with Crippen molar-refractivity contribution in [1.82, 2.24) is 20.0 Å². The number of aromatic nitrogens is 2. The van der Waals surface area contributed by atoms with E-state index in [0.29, 0.717) is 6.04 Å². The standard InChI is InChI=1S/C10H17BrN4/c1-8-5-12-3-4-15(8)7-10-9(11)6-13-14(10)2/h6,8,12H,3-5,7H2,1-2H3/t8-/m0/s1. The van der Waals surface area contributed by atoms with Crippen LogP contribution in [-0.4, -0.2) is 40.4 Å². The van der Waals surface area contributed by atoms with Gasteiger partial charge in [0.05, 0.1) is 16.4 Å². The molecule has 0 spiro atoms. The van der Waals surface area contributed by atoms with Gasteiger partial charge in [-0.15, -0.1) is 0 Å². The van der Waals surface area contributed by atoms with Gasteiger partial charge in [-0.2, -0.15) is 5.10 Å². The van der Waals surface area contributed by atoms with E-state index in [1.165, 1.54) is 5.69 Å². The second-order valence-corrected chi connectivity index (χ2v) is 4.94. The number of nitrogens with zero attached hydrogens (tertiary/aromatic N) is 3. The summed E-state index contributed by atoms with van der Waals surface area (Å²) < 4.78 is 3.05. The van der Waals surface area contributed by atoms with Gasteiger partial charge in [0.15, 0.2) is 0 Å². The Morgan fingerprint density at radius 2 is 2.47 bits per heavy atom. The van der Waals surface area contributed by atoms with Gasteiger partial charge in [-0.1, -0.05) is 0 Å². The number of nitrogens with one attached hydrogen (secondary N) is 1. The molecule has 1 aliphatic heterocycles. The molecule has 5 heteroatoms. The minimum Gasteiger partial charge on any atom is -0.314 e. The molecule has 0 amide bonds. The molecule has 0 unspecified atom stereocenters. The molecule has 0 aliphatic carbocycles. The lowest BCUT2D eigenvalue weighted by Gasteiger charge is -2.33. The van der Waals surface area contributed by atoms with Crippen molar-refractivity contribution < 1.29 is 0 Å². The van der Waals surface area contributed by atoms with Crippen molar-refractivity contribution in [3.63, 3.8) is 0 Å². The molecule has 0 saturated carbocycles. The predicted molar refractivity (Wildman–Crippen MR) is 63.6 cm³/mol. The molecule has 1 aromatic heterocycles. The highest BCUT2D eigenvalue weighted by Crippen LogP contribution is 2.18. The summed E-state index contributed by atoms with van der Waals surface area (Å²) in [5, 5.41) is 7.63. The molecule has 15 heavy (non-hydrogen) atoms. The van der Waals surface area contributed by atoms with Crippen LogP contribution in [0.15, 0.2) is 10.7 Å². The average Bonchev–Trinajstić information content (AvgIpc) is 2.53. The second-order valence-electron chi connectivity index (χ2n) is 4.09. The van der Waals surface area contributed by atoms with E-state index in [2.05, 4.69) is 38.2 Å². The van der Waals surface area contributed by atoms with Crippen molar-refractivity contribution in [2.24, 2.45) is 7.05 Å². The quantitative estimate of drug-likeness (QED) is 0.872. The summed E-state index contributed by atoms with van der Waals surface area (Å²) in [6, 6.07) is 0.598. The molecule has 1 saturated heterocycles. The summed E-state index contributed by atoms with van der Waals surface area (Å²) in [6.07, 6.45) is 1.86.